The number of nitrogens with zero attached hydrogens (tertiary/aromatic N) is 2. The Morgan fingerprint density at radius 1 is 1.25 bits per heavy atom. The van der Waals surface area contributed by atoms with Crippen LogP contribution in [0, 0.1) is 6.92 Å². The summed E-state index contributed by atoms with van der Waals surface area (Å²) in [5.74, 6) is 0.805. The van der Waals surface area contributed by atoms with E-state index in [1.165, 1.54) is 10.7 Å². The van der Waals surface area contributed by atoms with E-state index in [1.54, 1.807) is 6.07 Å². The number of ether oxygens (including phenoxy) is 1. The molecule has 0 fully saturated rings. The van der Waals surface area contributed by atoms with Gasteiger partial charge in [0.25, 0.3) is 5.56 Å². The van der Waals surface area contributed by atoms with Gasteiger partial charge in [-0.05, 0) is 19.1 Å². The van der Waals surface area contributed by atoms with Crippen molar-refractivity contribution < 1.29 is 4.74 Å². The van der Waals surface area contributed by atoms with Crippen LogP contribution in [-0.4, -0.2) is 16.4 Å². The van der Waals surface area contributed by atoms with E-state index < -0.39 is 0 Å². The van der Waals surface area contributed by atoms with E-state index in [4.69, 9.17) is 10.5 Å². The second-order valence-electron chi connectivity index (χ2n) is 4.55. The summed E-state index contributed by atoms with van der Waals surface area (Å²) >= 11 is 0. The van der Waals surface area contributed by atoms with Gasteiger partial charge in [-0.1, -0.05) is 18.2 Å². The highest BCUT2D eigenvalue weighted by Gasteiger charge is 2.02. The van der Waals surface area contributed by atoms with E-state index in [2.05, 4.69) is 5.10 Å². The van der Waals surface area contributed by atoms with Crippen molar-refractivity contribution >= 4 is 0 Å². The van der Waals surface area contributed by atoms with Crippen LogP contribution in [0.1, 0.15) is 17.7 Å². The summed E-state index contributed by atoms with van der Waals surface area (Å²) in [5.41, 5.74) is 7.38. The van der Waals surface area contributed by atoms with Gasteiger partial charge in [0.15, 0.2) is 0 Å². The number of aryl methyl sites for hydroxylation is 2. The van der Waals surface area contributed by atoms with Gasteiger partial charge in [0, 0.05) is 31.1 Å². The third-order valence-electron chi connectivity index (χ3n) is 2.96. The third kappa shape index (κ3) is 3.68. The van der Waals surface area contributed by atoms with Crippen LogP contribution in [0.3, 0.4) is 0 Å². The zero-order chi connectivity index (χ0) is 14.4. The lowest BCUT2D eigenvalue weighted by Crippen LogP contribution is -2.23. The Balaban J connectivity index is 1.87. The first-order chi connectivity index (χ1) is 9.70. The van der Waals surface area contributed by atoms with Gasteiger partial charge in [-0.15, -0.1) is 0 Å². The van der Waals surface area contributed by atoms with Crippen LogP contribution >= 0.6 is 0 Å². The molecule has 2 aromatic rings. The van der Waals surface area contributed by atoms with Crippen molar-refractivity contribution in [3.8, 4) is 5.75 Å². The quantitative estimate of drug-likeness (QED) is 0.809. The van der Waals surface area contributed by atoms with Crippen molar-refractivity contribution in [2.24, 2.45) is 5.73 Å². The Morgan fingerprint density at radius 2 is 2.05 bits per heavy atom. The Morgan fingerprint density at radius 3 is 2.85 bits per heavy atom. The highest BCUT2D eigenvalue weighted by atomic mass is 16.5. The largest absolute Gasteiger partial charge is 0.493 e. The first kappa shape index (κ1) is 14.3. The fourth-order valence-corrected chi connectivity index (χ4v) is 1.92. The first-order valence-electron chi connectivity index (χ1n) is 6.66. The molecule has 1 aromatic carbocycles. The average Bonchev–Trinajstić information content (AvgIpc) is 2.47. The van der Waals surface area contributed by atoms with E-state index in [0.717, 1.165) is 23.4 Å². The van der Waals surface area contributed by atoms with Gasteiger partial charge in [0.2, 0.25) is 0 Å². The topological polar surface area (TPSA) is 70.1 Å². The maximum Gasteiger partial charge on any atom is 0.266 e. The molecule has 0 spiro atoms. The zero-order valence-corrected chi connectivity index (χ0v) is 11.6. The van der Waals surface area contributed by atoms with Gasteiger partial charge in [0.05, 0.1) is 12.3 Å². The smallest absolute Gasteiger partial charge is 0.266 e. The van der Waals surface area contributed by atoms with Gasteiger partial charge in [-0.2, -0.15) is 5.10 Å². The molecule has 0 aliphatic heterocycles. The summed E-state index contributed by atoms with van der Waals surface area (Å²) in [5, 5.41) is 4.18. The molecule has 0 atom stereocenters. The molecular formula is C15H19N3O2. The van der Waals surface area contributed by atoms with Crippen molar-refractivity contribution in [3.05, 3.63) is 58.0 Å². The molecule has 0 unspecified atom stereocenters. The number of nitrogens with two attached hydrogens (primary N) is 1. The Kier molecular flexibility index (Phi) is 4.90. The second-order valence-corrected chi connectivity index (χ2v) is 4.55. The molecule has 106 valence electrons. The number of hydrogen-bond donors (Lipinski definition) is 1. The fraction of sp³-hybridized carbons (Fsp3) is 0.333. The monoisotopic (exact) mass is 273 g/mol. The van der Waals surface area contributed by atoms with Crippen molar-refractivity contribution in [2.75, 3.05) is 6.61 Å². The average molecular weight is 273 g/mol. The Labute approximate surface area is 118 Å². The minimum absolute atomic E-state index is 0.0852. The van der Waals surface area contributed by atoms with Crippen molar-refractivity contribution in [2.45, 2.75) is 26.4 Å². The molecular weight excluding hydrogens is 254 g/mol. The molecule has 2 N–H and O–H groups in total. The van der Waals surface area contributed by atoms with Crippen LogP contribution in [0.5, 0.6) is 5.75 Å². The van der Waals surface area contributed by atoms with Crippen LogP contribution < -0.4 is 16.0 Å². The standard InChI is InChI=1S/C15H19N3O2/c1-12-7-8-15(19)18(17-12)9-4-10-20-14-6-3-2-5-13(14)11-16/h2-3,5-8H,4,9-11,16H2,1H3. The van der Waals surface area contributed by atoms with Crippen LogP contribution in [0.15, 0.2) is 41.2 Å². The van der Waals surface area contributed by atoms with E-state index in [1.807, 2.05) is 31.2 Å². The minimum atomic E-state index is -0.0852. The number of aromatic nitrogens is 2. The second kappa shape index (κ2) is 6.86. The molecule has 20 heavy (non-hydrogen) atoms. The van der Waals surface area contributed by atoms with Crippen LogP contribution in [0.25, 0.3) is 0 Å². The maximum atomic E-state index is 11.6. The third-order valence-corrected chi connectivity index (χ3v) is 2.96. The molecule has 0 aliphatic rings. The van der Waals surface area contributed by atoms with Gasteiger partial charge < -0.3 is 10.5 Å². The first-order valence-corrected chi connectivity index (χ1v) is 6.66. The molecule has 0 aliphatic carbocycles. The molecule has 0 saturated carbocycles. The van der Waals surface area contributed by atoms with E-state index in [0.29, 0.717) is 19.7 Å². The van der Waals surface area contributed by atoms with Crippen molar-refractivity contribution in [1.82, 2.24) is 9.78 Å². The molecule has 5 nitrogen and oxygen atoms in total. The van der Waals surface area contributed by atoms with Crippen LogP contribution in [0.2, 0.25) is 0 Å². The van der Waals surface area contributed by atoms with Crippen molar-refractivity contribution in [1.29, 1.82) is 0 Å². The Bertz CT molecular complexity index is 623. The van der Waals surface area contributed by atoms with Gasteiger partial charge >= 0.3 is 0 Å². The SMILES string of the molecule is Cc1ccc(=O)n(CCCOc2ccccc2CN)n1. The molecule has 2 rings (SSSR count). The predicted molar refractivity (Wildman–Crippen MR) is 77.7 cm³/mol. The summed E-state index contributed by atoms with van der Waals surface area (Å²) in [7, 11) is 0. The predicted octanol–water partition coefficient (Wildman–Crippen LogP) is 1.48. The highest BCUT2D eigenvalue weighted by Crippen LogP contribution is 2.17. The molecule has 0 bridgehead atoms. The van der Waals surface area contributed by atoms with E-state index >= 15 is 0 Å². The fourth-order valence-electron chi connectivity index (χ4n) is 1.92. The lowest BCUT2D eigenvalue weighted by atomic mass is 10.2. The summed E-state index contributed by atoms with van der Waals surface area (Å²) < 4.78 is 7.16. The number of rotatable bonds is 6. The van der Waals surface area contributed by atoms with Crippen LogP contribution in [0.4, 0.5) is 0 Å². The summed E-state index contributed by atoms with van der Waals surface area (Å²) in [6.07, 6.45) is 0.718. The molecule has 0 amide bonds. The molecule has 1 aromatic heterocycles. The van der Waals surface area contributed by atoms with Crippen molar-refractivity contribution in [3.63, 3.8) is 0 Å². The molecule has 1 heterocycles. The lowest BCUT2D eigenvalue weighted by molar-refractivity contribution is 0.294. The maximum absolute atomic E-state index is 11.6. The zero-order valence-electron chi connectivity index (χ0n) is 11.6. The lowest BCUT2D eigenvalue weighted by Gasteiger charge is -2.10. The summed E-state index contributed by atoms with van der Waals surface area (Å²) in [4.78, 5) is 11.6. The van der Waals surface area contributed by atoms with Crippen LogP contribution in [-0.2, 0) is 13.1 Å². The number of hydrogen-bond acceptors (Lipinski definition) is 4. The van der Waals surface area contributed by atoms with Gasteiger partial charge in [-0.3, -0.25) is 4.79 Å². The molecule has 5 heteroatoms. The summed E-state index contributed by atoms with van der Waals surface area (Å²) in [6.45, 7) is 3.39. The molecule has 0 saturated heterocycles. The van der Waals surface area contributed by atoms with Gasteiger partial charge in [0.1, 0.15) is 5.75 Å². The number of benzene rings is 1. The normalized spacial score (nSPS) is 10.5. The van der Waals surface area contributed by atoms with E-state index in [-0.39, 0.29) is 5.56 Å². The van der Waals surface area contributed by atoms with E-state index in [9.17, 15) is 4.79 Å². The highest BCUT2D eigenvalue weighted by molar-refractivity contribution is 5.32. The minimum Gasteiger partial charge on any atom is -0.493 e. The molecule has 0 radical (unpaired) electrons. The number of para-hydroxylation sites is 1. The Hall–Kier alpha value is -2.14. The van der Waals surface area contributed by atoms with Gasteiger partial charge in [-0.25, -0.2) is 4.68 Å². The summed E-state index contributed by atoms with van der Waals surface area (Å²) in [6, 6.07) is 11.0.